The van der Waals surface area contributed by atoms with Crippen LogP contribution in [0.5, 0.6) is 0 Å². The predicted octanol–water partition coefficient (Wildman–Crippen LogP) is 7.53. The lowest BCUT2D eigenvalue weighted by atomic mass is 9.79. The van der Waals surface area contributed by atoms with Gasteiger partial charge < -0.3 is 23.3 Å². The lowest BCUT2D eigenvalue weighted by molar-refractivity contribution is -0.185. The average Bonchev–Trinajstić information content (AvgIpc) is 2.89. The van der Waals surface area contributed by atoms with Gasteiger partial charge in [0.2, 0.25) is 0 Å². The second kappa shape index (κ2) is 22.0. The minimum absolute atomic E-state index is 0.101. The van der Waals surface area contributed by atoms with Gasteiger partial charge in [0.1, 0.15) is 8.46 Å². The quantitative estimate of drug-likeness (QED) is 0.0625. The molecule has 1 N–H and O–H groups in total. The largest absolute Gasteiger partial charge is 0.387 e. The van der Waals surface area contributed by atoms with Crippen LogP contribution in [0.25, 0.3) is 0 Å². The van der Waals surface area contributed by atoms with Crippen molar-refractivity contribution in [2.75, 3.05) is 25.6 Å². The monoisotopic (exact) mass is 536 g/mol. The van der Waals surface area contributed by atoms with Crippen molar-refractivity contribution >= 4 is 26.5 Å². The van der Waals surface area contributed by atoms with Crippen LogP contribution < -0.4 is 0 Å². The first-order chi connectivity index (χ1) is 17.1. The van der Waals surface area contributed by atoms with Gasteiger partial charge in [-0.25, -0.2) is 4.79 Å². The second-order valence-corrected chi connectivity index (χ2v) is 11.8. The standard InChI is InChI=1S/C27H53O6PS/c1-3-5-7-8-9-10-11-15-20-31-21-16-22-32-27(29,34-30)26(28)33-35-23-25(17-6-4-2)24-18-13-12-14-19-24/h24-25,29H,3-23,34H2,1-2H3. The molecule has 3 atom stereocenters. The molecule has 0 radical (unpaired) electrons. The number of unbranched alkanes of at least 4 members (excludes halogenated alkanes) is 8. The van der Waals surface area contributed by atoms with Gasteiger partial charge in [-0.15, -0.1) is 0 Å². The van der Waals surface area contributed by atoms with Crippen LogP contribution >= 0.6 is 20.5 Å². The van der Waals surface area contributed by atoms with Gasteiger partial charge in [0.25, 0.3) is 0 Å². The molecule has 1 saturated carbocycles. The fraction of sp³-hybridized carbons (Fsp3) is 0.963. The van der Waals surface area contributed by atoms with E-state index in [1.165, 1.54) is 83.5 Å². The lowest BCUT2D eigenvalue weighted by Crippen LogP contribution is -2.37. The number of aliphatic hydroxyl groups is 1. The highest BCUT2D eigenvalue weighted by Gasteiger charge is 2.39. The maximum absolute atomic E-state index is 12.4. The molecule has 35 heavy (non-hydrogen) atoms. The average molecular weight is 537 g/mol. The SMILES string of the molecule is CCCCCCCCCCOCCCOC(O)([PH2]=O)C(=O)OSCC(CCCC)C1CCCCC1. The summed E-state index contributed by atoms with van der Waals surface area (Å²) in [5.41, 5.74) is -2.34. The molecule has 0 amide bonds. The van der Waals surface area contributed by atoms with Crippen molar-refractivity contribution in [2.24, 2.45) is 11.8 Å². The molecule has 1 fully saturated rings. The summed E-state index contributed by atoms with van der Waals surface area (Å²) in [4.78, 5) is 12.4. The molecule has 6 nitrogen and oxygen atoms in total. The van der Waals surface area contributed by atoms with E-state index in [9.17, 15) is 14.5 Å². The number of carbonyl (C=O) groups is 1. The summed E-state index contributed by atoms with van der Waals surface area (Å²) < 4.78 is 27.7. The molecule has 208 valence electrons. The highest BCUT2D eigenvalue weighted by molar-refractivity contribution is 7.95. The van der Waals surface area contributed by atoms with Gasteiger partial charge in [-0.05, 0) is 31.1 Å². The maximum Gasteiger partial charge on any atom is 0.386 e. The van der Waals surface area contributed by atoms with E-state index in [4.69, 9.17) is 13.7 Å². The molecule has 0 saturated heterocycles. The molecule has 0 aromatic carbocycles. The van der Waals surface area contributed by atoms with Gasteiger partial charge in [-0.3, -0.25) is 0 Å². The van der Waals surface area contributed by atoms with Crippen molar-refractivity contribution in [3.63, 3.8) is 0 Å². The Bertz CT molecular complexity index is 532. The van der Waals surface area contributed by atoms with E-state index in [1.54, 1.807) is 0 Å². The number of hydrogen-bond donors (Lipinski definition) is 1. The minimum atomic E-state index is -2.34. The van der Waals surface area contributed by atoms with Crippen molar-refractivity contribution < 1.29 is 28.1 Å². The Labute approximate surface area is 220 Å². The number of ether oxygens (including phenoxy) is 2. The first-order valence-electron chi connectivity index (χ1n) is 14.3. The van der Waals surface area contributed by atoms with Crippen LogP contribution in [0.15, 0.2) is 0 Å². The van der Waals surface area contributed by atoms with Crippen molar-refractivity contribution in [3.8, 4) is 0 Å². The first kappa shape index (κ1) is 33.0. The predicted molar refractivity (Wildman–Crippen MR) is 147 cm³/mol. The van der Waals surface area contributed by atoms with Gasteiger partial charge in [-0.1, -0.05) is 104 Å². The summed E-state index contributed by atoms with van der Waals surface area (Å²) in [5.74, 6) is 0.963. The molecular formula is C27H53O6PS. The molecule has 0 bridgehead atoms. The highest BCUT2D eigenvalue weighted by Crippen LogP contribution is 2.35. The van der Waals surface area contributed by atoms with E-state index in [0.29, 0.717) is 37.2 Å². The fourth-order valence-corrected chi connectivity index (χ4v) is 6.07. The van der Waals surface area contributed by atoms with Crippen molar-refractivity contribution in [1.82, 2.24) is 0 Å². The minimum Gasteiger partial charge on any atom is -0.387 e. The third kappa shape index (κ3) is 15.7. The molecule has 1 aliphatic carbocycles. The topological polar surface area (TPSA) is 82.1 Å². The van der Waals surface area contributed by atoms with Crippen LogP contribution in [0.2, 0.25) is 0 Å². The molecule has 1 rings (SSSR count). The zero-order chi connectivity index (χ0) is 25.6. The van der Waals surface area contributed by atoms with Crippen molar-refractivity contribution in [3.05, 3.63) is 0 Å². The van der Waals surface area contributed by atoms with E-state index in [2.05, 4.69) is 13.8 Å². The van der Waals surface area contributed by atoms with Crippen LogP contribution in [0, 0.1) is 11.8 Å². The zero-order valence-corrected chi connectivity index (χ0v) is 24.4. The molecule has 8 heteroatoms. The van der Waals surface area contributed by atoms with Crippen molar-refractivity contribution in [2.45, 2.75) is 129 Å². The van der Waals surface area contributed by atoms with Gasteiger partial charge in [0.15, 0.2) is 0 Å². The van der Waals surface area contributed by atoms with Crippen LogP contribution in [0.4, 0.5) is 0 Å². The Morgan fingerprint density at radius 3 is 2.20 bits per heavy atom. The zero-order valence-electron chi connectivity index (χ0n) is 22.5. The summed E-state index contributed by atoms with van der Waals surface area (Å²) in [6.07, 6.45) is 20.5. The van der Waals surface area contributed by atoms with Crippen molar-refractivity contribution in [1.29, 1.82) is 0 Å². The lowest BCUT2D eigenvalue weighted by Gasteiger charge is -2.30. The highest BCUT2D eigenvalue weighted by atomic mass is 32.2. The number of rotatable bonds is 23. The molecule has 0 aromatic rings. The summed E-state index contributed by atoms with van der Waals surface area (Å²) >= 11 is 1.08. The van der Waals surface area contributed by atoms with Gasteiger partial charge in [0.05, 0.1) is 18.6 Å². The van der Waals surface area contributed by atoms with E-state index in [1.807, 2.05) is 0 Å². The third-order valence-corrected chi connectivity index (χ3v) is 8.57. The van der Waals surface area contributed by atoms with Crippen LogP contribution in [-0.4, -0.2) is 42.2 Å². The summed E-state index contributed by atoms with van der Waals surface area (Å²) in [6.45, 7) is 5.74. The van der Waals surface area contributed by atoms with E-state index >= 15 is 0 Å². The summed E-state index contributed by atoms with van der Waals surface area (Å²) in [5, 5.41) is 10.4. The first-order valence-corrected chi connectivity index (χ1v) is 16.3. The normalized spacial score (nSPS) is 17.6. The van der Waals surface area contributed by atoms with Crippen LogP contribution in [0.3, 0.4) is 0 Å². The Morgan fingerprint density at radius 1 is 0.914 bits per heavy atom. The molecule has 0 heterocycles. The Morgan fingerprint density at radius 2 is 1.54 bits per heavy atom. The fourth-order valence-electron chi connectivity index (χ4n) is 4.73. The van der Waals surface area contributed by atoms with Gasteiger partial charge >= 0.3 is 11.5 Å². The molecule has 1 aliphatic rings. The smallest absolute Gasteiger partial charge is 0.386 e. The van der Waals surface area contributed by atoms with E-state index in [0.717, 1.165) is 31.3 Å². The molecule has 3 unspecified atom stereocenters. The molecular weight excluding hydrogens is 483 g/mol. The third-order valence-electron chi connectivity index (χ3n) is 7.01. The summed E-state index contributed by atoms with van der Waals surface area (Å²) in [6, 6.07) is 0. The maximum atomic E-state index is 12.4. The molecule has 0 aromatic heterocycles. The van der Waals surface area contributed by atoms with E-state index < -0.39 is 20.0 Å². The summed E-state index contributed by atoms with van der Waals surface area (Å²) in [7, 11) is -1.87. The molecule has 0 aliphatic heterocycles. The molecule has 0 spiro atoms. The van der Waals surface area contributed by atoms with E-state index in [-0.39, 0.29) is 6.61 Å². The Kier molecular flexibility index (Phi) is 20.7. The van der Waals surface area contributed by atoms with Gasteiger partial charge in [0, 0.05) is 19.0 Å². The van der Waals surface area contributed by atoms with Crippen LogP contribution in [-0.2, 0) is 23.0 Å². The number of hydrogen-bond acceptors (Lipinski definition) is 7. The number of carbonyl (C=O) groups excluding carboxylic acids is 1. The Hall–Kier alpha value is -0.0700. The Balaban J connectivity index is 2.17. The van der Waals surface area contributed by atoms with Gasteiger partial charge in [-0.2, -0.15) is 0 Å². The van der Waals surface area contributed by atoms with Crippen LogP contribution in [0.1, 0.15) is 123 Å². The second-order valence-electron chi connectivity index (χ2n) is 10.1.